The lowest BCUT2D eigenvalue weighted by molar-refractivity contribution is -0.117. The third-order valence-electron chi connectivity index (χ3n) is 3.38. The van der Waals surface area contributed by atoms with Gasteiger partial charge in [0, 0.05) is 17.6 Å². The quantitative estimate of drug-likeness (QED) is 0.836. The molecule has 3 nitrogen and oxygen atoms in total. The Morgan fingerprint density at radius 3 is 2.37 bits per heavy atom. The number of carbonyl (C=O) groups is 1. The van der Waals surface area contributed by atoms with Crippen molar-refractivity contribution >= 4 is 34.8 Å². The van der Waals surface area contributed by atoms with Crippen LogP contribution in [-0.4, -0.2) is 11.4 Å². The lowest BCUT2D eigenvalue weighted by Crippen LogP contribution is -2.40. The van der Waals surface area contributed by atoms with Gasteiger partial charge in [0.2, 0.25) is 5.91 Å². The normalized spacial score (nSPS) is 17.5. The molecule has 1 aliphatic carbocycles. The molecular formula is C13H15Cl2FN2O. The molecule has 1 aliphatic rings. The van der Waals surface area contributed by atoms with Crippen LogP contribution in [0.1, 0.15) is 32.1 Å². The molecule has 0 saturated heterocycles. The van der Waals surface area contributed by atoms with E-state index in [0.717, 1.165) is 25.7 Å². The van der Waals surface area contributed by atoms with Crippen molar-refractivity contribution in [2.75, 3.05) is 5.32 Å². The Balaban J connectivity index is 2.03. The second-order valence-electron chi connectivity index (χ2n) is 5.05. The molecule has 19 heavy (non-hydrogen) atoms. The van der Waals surface area contributed by atoms with E-state index in [2.05, 4.69) is 5.32 Å². The van der Waals surface area contributed by atoms with Crippen molar-refractivity contribution < 1.29 is 9.18 Å². The van der Waals surface area contributed by atoms with E-state index in [4.69, 9.17) is 28.9 Å². The fraction of sp³-hybridized carbons (Fsp3) is 0.462. The van der Waals surface area contributed by atoms with E-state index < -0.39 is 11.4 Å². The minimum atomic E-state index is -0.688. The second-order valence-corrected chi connectivity index (χ2v) is 5.86. The molecule has 0 unspecified atom stereocenters. The highest BCUT2D eigenvalue weighted by molar-refractivity contribution is 6.35. The van der Waals surface area contributed by atoms with Crippen LogP contribution in [0.2, 0.25) is 10.0 Å². The molecular weight excluding hydrogens is 290 g/mol. The highest BCUT2D eigenvalue weighted by Gasteiger charge is 2.31. The molecule has 1 amide bonds. The van der Waals surface area contributed by atoms with Gasteiger partial charge in [0.1, 0.15) is 0 Å². The summed E-state index contributed by atoms with van der Waals surface area (Å²) in [7, 11) is 0. The monoisotopic (exact) mass is 304 g/mol. The number of carbonyl (C=O) groups excluding carboxylic acids is 1. The molecule has 1 aromatic carbocycles. The zero-order valence-electron chi connectivity index (χ0n) is 10.3. The molecule has 3 N–H and O–H groups in total. The molecule has 6 heteroatoms. The smallest absolute Gasteiger partial charge is 0.226 e. The molecule has 104 valence electrons. The number of anilines is 1. The van der Waals surface area contributed by atoms with E-state index in [-0.39, 0.29) is 22.4 Å². The molecule has 0 aromatic heterocycles. The van der Waals surface area contributed by atoms with Crippen LogP contribution < -0.4 is 11.1 Å². The number of hydrogen-bond acceptors (Lipinski definition) is 2. The molecule has 1 aromatic rings. The van der Waals surface area contributed by atoms with Gasteiger partial charge in [-0.25, -0.2) is 4.39 Å². The summed E-state index contributed by atoms with van der Waals surface area (Å²) < 4.78 is 13.2. The van der Waals surface area contributed by atoms with Crippen molar-refractivity contribution in [3.63, 3.8) is 0 Å². The number of nitrogens with one attached hydrogen (secondary N) is 1. The maximum absolute atomic E-state index is 13.2. The number of amides is 1. The van der Waals surface area contributed by atoms with Crippen molar-refractivity contribution in [3.8, 4) is 0 Å². The number of benzene rings is 1. The first kappa shape index (κ1) is 14.6. The molecule has 1 fully saturated rings. The summed E-state index contributed by atoms with van der Waals surface area (Å²) in [5.41, 5.74) is 6.08. The Morgan fingerprint density at radius 1 is 1.32 bits per heavy atom. The van der Waals surface area contributed by atoms with Gasteiger partial charge in [0.25, 0.3) is 0 Å². The van der Waals surface area contributed by atoms with E-state index >= 15 is 0 Å². The van der Waals surface area contributed by atoms with Crippen LogP contribution in [0.3, 0.4) is 0 Å². The molecule has 0 heterocycles. The van der Waals surface area contributed by atoms with Crippen LogP contribution in [0.5, 0.6) is 0 Å². The summed E-state index contributed by atoms with van der Waals surface area (Å²) in [5.74, 6) is -0.893. The third kappa shape index (κ3) is 3.59. The van der Waals surface area contributed by atoms with E-state index in [1.807, 2.05) is 0 Å². The van der Waals surface area contributed by atoms with E-state index in [0.29, 0.717) is 5.69 Å². The zero-order valence-corrected chi connectivity index (χ0v) is 11.8. The van der Waals surface area contributed by atoms with Gasteiger partial charge in [-0.05, 0) is 25.0 Å². The molecule has 0 radical (unpaired) electrons. The standard InChI is InChI=1S/C13H15Cl2FN2O/c14-9-5-8(6-10(15)12(9)16)18-11(19)7-13(17)3-1-2-4-13/h5-6H,1-4,7,17H2,(H,18,19). The highest BCUT2D eigenvalue weighted by Crippen LogP contribution is 2.31. The molecule has 0 atom stereocenters. The average molecular weight is 305 g/mol. The van der Waals surface area contributed by atoms with Gasteiger partial charge in [-0.1, -0.05) is 36.0 Å². The predicted molar refractivity (Wildman–Crippen MR) is 75.1 cm³/mol. The number of nitrogens with two attached hydrogens (primary N) is 1. The van der Waals surface area contributed by atoms with Crippen molar-refractivity contribution in [2.45, 2.75) is 37.6 Å². The van der Waals surface area contributed by atoms with Gasteiger partial charge in [0.05, 0.1) is 10.0 Å². The summed E-state index contributed by atoms with van der Waals surface area (Å²) in [6.07, 6.45) is 4.06. The number of rotatable bonds is 3. The Labute approximate surface area is 121 Å². The first-order valence-corrected chi connectivity index (χ1v) is 6.88. The summed E-state index contributed by atoms with van der Waals surface area (Å²) in [5, 5.41) is 2.41. The Hall–Kier alpha value is -0.840. The van der Waals surface area contributed by atoms with Gasteiger partial charge in [0.15, 0.2) is 5.82 Å². The van der Waals surface area contributed by atoms with Crippen molar-refractivity contribution in [2.24, 2.45) is 5.73 Å². The van der Waals surface area contributed by atoms with Crippen molar-refractivity contribution in [1.82, 2.24) is 0 Å². The lowest BCUT2D eigenvalue weighted by Gasteiger charge is -2.22. The first-order chi connectivity index (χ1) is 8.89. The van der Waals surface area contributed by atoms with Gasteiger partial charge >= 0.3 is 0 Å². The topological polar surface area (TPSA) is 55.1 Å². The summed E-state index contributed by atoms with van der Waals surface area (Å²) in [6, 6.07) is 2.66. The van der Waals surface area contributed by atoms with Gasteiger partial charge in [-0.3, -0.25) is 4.79 Å². The molecule has 0 bridgehead atoms. The van der Waals surface area contributed by atoms with Crippen LogP contribution >= 0.6 is 23.2 Å². The number of hydrogen-bond donors (Lipinski definition) is 2. The fourth-order valence-corrected chi connectivity index (χ4v) is 2.90. The zero-order chi connectivity index (χ0) is 14.0. The minimum absolute atomic E-state index is 0.119. The summed E-state index contributed by atoms with van der Waals surface area (Å²) in [4.78, 5) is 11.9. The largest absolute Gasteiger partial charge is 0.326 e. The van der Waals surface area contributed by atoms with Crippen molar-refractivity contribution in [1.29, 1.82) is 0 Å². The molecule has 0 aliphatic heterocycles. The maximum Gasteiger partial charge on any atom is 0.226 e. The molecule has 2 rings (SSSR count). The van der Waals surface area contributed by atoms with Crippen molar-refractivity contribution in [3.05, 3.63) is 28.0 Å². The minimum Gasteiger partial charge on any atom is -0.326 e. The summed E-state index contributed by atoms with van der Waals surface area (Å²) in [6.45, 7) is 0. The first-order valence-electron chi connectivity index (χ1n) is 6.13. The lowest BCUT2D eigenvalue weighted by atomic mass is 9.94. The van der Waals surface area contributed by atoms with Crippen LogP contribution in [0.25, 0.3) is 0 Å². The van der Waals surface area contributed by atoms with E-state index in [9.17, 15) is 9.18 Å². The van der Waals surface area contributed by atoms with Crippen LogP contribution in [0.15, 0.2) is 12.1 Å². The van der Waals surface area contributed by atoms with Gasteiger partial charge in [-0.2, -0.15) is 0 Å². The maximum atomic E-state index is 13.2. The highest BCUT2D eigenvalue weighted by atomic mass is 35.5. The Bertz CT molecular complexity index is 478. The van der Waals surface area contributed by atoms with Crippen LogP contribution in [0.4, 0.5) is 10.1 Å². The van der Waals surface area contributed by atoms with Gasteiger partial charge < -0.3 is 11.1 Å². The summed E-state index contributed by atoms with van der Waals surface area (Å²) >= 11 is 11.3. The third-order valence-corrected chi connectivity index (χ3v) is 3.93. The average Bonchev–Trinajstić information content (AvgIpc) is 2.72. The van der Waals surface area contributed by atoms with Gasteiger partial charge in [-0.15, -0.1) is 0 Å². The van der Waals surface area contributed by atoms with Crippen LogP contribution in [0, 0.1) is 5.82 Å². The molecule has 1 saturated carbocycles. The molecule has 0 spiro atoms. The van der Waals surface area contributed by atoms with E-state index in [1.165, 1.54) is 12.1 Å². The number of halogens is 3. The predicted octanol–water partition coefficient (Wildman–Crippen LogP) is 3.73. The SMILES string of the molecule is NC1(CC(=O)Nc2cc(Cl)c(F)c(Cl)c2)CCCC1. The fourth-order valence-electron chi connectivity index (χ4n) is 2.41. The second kappa shape index (κ2) is 5.65. The van der Waals surface area contributed by atoms with Crippen LogP contribution in [-0.2, 0) is 4.79 Å². The van der Waals surface area contributed by atoms with E-state index in [1.54, 1.807) is 0 Å². The Morgan fingerprint density at radius 2 is 1.84 bits per heavy atom. The Kier molecular flexibility index (Phi) is 4.33.